The van der Waals surface area contributed by atoms with Crippen molar-refractivity contribution in [2.75, 3.05) is 19.8 Å². The van der Waals surface area contributed by atoms with Crippen LogP contribution in [-0.2, 0) is 10.0 Å². The van der Waals surface area contributed by atoms with Gasteiger partial charge in [-0.15, -0.1) is 4.83 Å². The maximum atomic E-state index is 12.9. The van der Waals surface area contributed by atoms with E-state index in [1.807, 2.05) is 0 Å². The van der Waals surface area contributed by atoms with E-state index in [2.05, 4.69) is 4.83 Å². The molecule has 1 rings (SSSR count). The SMILES string of the molecule is CN(C)NS(=O)(=O)c1cc(F)ccc1N. The highest BCUT2D eigenvalue weighted by Crippen LogP contribution is 2.18. The van der Waals surface area contributed by atoms with E-state index in [-0.39, 0.29) is 10.6 Å². The average Bonchev–Trinajstić information content (AvgIpc) is 2.06. The lowest BCUT2D eigenvalue weighted by atomic mass is 10.3. The van der Waals surface area contributed by atoms with Crippen molar-refractivity contribution in [1.29, 1.82) is 0 Å². The number of halogens is 1. The van der Waals surface area contributed by atoms with E-state index in [0.29, 0.717) is 0 Å². The summed E-state index contributed by atoms with van der Waals surface area (Å²) < 4.78 is 36.1. The molecular weight excluding hydrogens is 221 g/mol. The van der Waals surface area contributed by atoms with Crippen molar-refractivity contribution in [3.8, 4) is 0 Å². The number of nitrogens with one attached hydrogen (secondary N) is 1. The summed E-state index contributed by atoms with van der Waals surface area (Å²) in [6.07, 6.45) is 0. The molecule has 0 heterocycles. The van der Waals surface area contributed by atoms with Gasteiger partial charge in [-0.05, 0) is 18.2 Å². The largest absolute Gasteiger partial charge is 0.398 e. The molecule has 0 radical (unpaired) electrons. The highest BCUT2D eigenvalue weighted by Gasteiger charge is 2.18. The molecule has 0 aromatic heterocycles. The number of sulfonamides is 1. The van der Waals surface area contributed by atoms with Gasteiger partial charge in [-0.3, -0.25) is 0 Å². The number of nitrogens with zero attached hydrogens (tertiary/aromatic N) is 1. The van der Waals surface area contributed by atoms with Gasteiger partial charge in [0.2, 0.25) is 0 Å². The van der Waals surface area contributed by atoms with Gasteiger partial charge < -0.3 is 5.73 Å². The molecule has 5 nitrogen and oxygen atoms in total. The van der Waals surface area contributed by atoms with Gasteiger partial charge in [0, 0.05) is 14.1 Å². The Hall–Kier alpha value is -1.18. The standard InChI is InChI=1S/C8H12FN3O2S/c1-12(2)11-15(13,14)8-5-6(9)3-4-7(8)10/h3-5,11H,10H2,1-2H3. The van der Waals surface area contributed by atoms with Gasteiger partial charge in [0.1, 0.15) is 10.7 Å². The summed E-state index contributed by atoms with van der Waals surface area (Å²) >= 11 is 0. The van der Waals surface area contributed by atoms with Crippen LogP contribution in [0.15, 0.2) is 23.1 Å². The van der Waals surface area contributed by atoms with Crippen molar-refractivity contribution in [3.05, 3.63) is 24.0 Å². The number of rotatable bonds is 3. The first-order chi connectivity index (χ1) is 6.83. The van der Waals surface area contributed by atoms with E-state index in [9.17, 15) is 12.8 Å². The number of hydrazine groups is 1. The van der Waals surface area contributed by atoms with Crippen molar-refractivity contribution in [1.82, 2.24) is 9.84 Å². The summed E-state index contributed by atoms with van der Waals surface area (Å²) in [4.78, 5) is 1.89. The Morgan fingerprint density at radius 2 is 2.00 bits per heavy atom. The molecule has 0 amide bonds. The minimum absolute atomic E-state index is 0.00532. The van der Waals surface area contributed by atoms with Crippen LogP contribution < -0.4 is 10.6 Å². The molecular formula is C8H12FN3O2S. The monoisotopic (exact) mass is 233 g/mol. The average molecular weight is 233 g/mol. The molecule has 84 valence electrons. The Kier molecular flexibility index (Phi) is 3.28. The van der Waals surface area contributed by atoms with Crippen LogP contribution >= 0.6 is 0 Å². The van der Waals surface area contributed by atoms with Crippen LogP contribution in [0.2, 0.25) is 0 Å². The van der Waals surface area contributed by atoms with Crippen molar-refractivity contribution in [3.63, 3.8) is 0 Å². The molecule has 0 bridgehead atoms. The first kappa shape index (κ1) is 11.9. The van der Waals surface area contributed by atoms with E-state index in [0.717, 1.165) is 12.1 Å². The van der Waals surface area contributed by atoms with E-state index >= 15 is 0 Å². The zero-order chi connectivity index (χ0) is 11.6. The van der Waals surface area contributed by atoms with Crippen molar-refractivity contribution < 1.29 is 12.8 Å². The Balaban J connectivity index is 3.21. The molecule has 3 N–H and O–H groups in total. The molecule has 0 atom stereocenters. The predicted molar refractivity (Wildman–Crippen MR) is 54.8 cm³/mol. The third kappa shape index (κ3) is 2.88. The second-order valence-electron chi connectivity index (χ2n) is 3.17. The van der Waals surface area contributed by atoms with Crippen molar-refractivity contribution in [2.45, 2.75) is 4.90 Å². The third-order valence-electron chi connectivity index (χ3n) is 1.57. The van der Waals surface area contributed by atoms with Crippen LogP contribution in [0, 0.1) is 5.82 Å². The quantitative estimate of drug-likeness (QED) is 0.576. The van der Waals surface area contributed by atoms with E-state index in [1.54, 1.807) is 0 Å². The number of hydrogen-bond acceptors (Lipinski definition) is 4. The van der Waals surface area contributed by atoms with E-state index < -0.39 is 15.8 Å². The minimum atomic E-state index is -3.80. The zero-order valence-electron chi connectivity index (χ0n) is 8.36. The van der Waals surface area contributed by atoms with Crippen molar-refractivity contribution in [2.24, 2.45) is 0 Å². The normalized spacial score (nSPS) is 12.0. The molecule has 0 aliphatic carbocycles. The number of nitrogen functional groups attached to an aromatic ring is 1. The van der Waals surface area contributed by atoms with Gasteiger partial charge in [-0.25, -0.2) is 17.8 Å². The summed E-state index contributed by atoms with van der Waals surface area (Å²) in [6.45, 7) is 0. The summed E-state index contributed by atoms with van der Waals surface area (Å²) in [7, 11) is -0.788. The molecule has 15 heavy (non-hydrogen) atoms. The van der Waals surface area contributed by atoms with Gasteiger partial charge in [-0.2, -0.15) is 0 Å². The lowest BCUT2D eigenvalue weighted by molar-refractivity contribution is 0.364. The van der Waals surface area contributed by atoms with Crippen LogP contribution in [0.1, 0.15) is 0 Å². The molecule has 0 unspecified atom stereocenters. The molecule has 7 heteroatoms. The third-order valence-corrected chi connectivity index (χ3v) is 3.11. The second-order valence-corrected chi connectivity index (χ2v) is 4.80. The molecule has 1 aromatic rings. The lowest BCUT2D eigenvalue weighted by Crippen LogP contribution is -2.36. The molecule has 0 aliphatic heterocycles. The summed E-state index contributed by atoms with van der Waals surface area (Å²) in [6, 6.07) is 3.19. The molecule has 1 aromatic carbocycles. The molecule has 0 saturated heterocycles. The fourth-order valence-electron chi connectivity index (χ4n) is 1.03. The first-order valence-electron chi connectivity index (χ1n) is 4.08. The van der Waals surface area contributed by atoms with Gasteiger partial charge >= 0.3 is 0 Å². The molecule has 0 saturated carbocycles. The van der Waals surface area contributed by atoms with Gasteiger partial charge in [-0.1, -0.05) is 0 Å². The van der Waals surface area contributed by atoms with E-state index in [4.69, 9.17) is 5.73 Å². The topological polar surface area (TPSA) is 75.4 Å². The number of hydrogen-bond donors (Lipinski definition) is 2. The summed E-state index contributed by atoms with van der Waals surface area (Å²) in [5.74, 6) is -0.650. The zero-order valence-corrected chi connectivity index (χ0v) is 9.18. The highest BCUT2D eigenvalue weighted by atomic mass is 32.2. The van der Waals surface area contributed by atoms with Crippen LogP contribution in [0.25, 0.3) is 0 Å². The number of benzene rings is 1. The maximum Gasteiger partial charge on any atom is 0.255 e. The Morgan fingerprint density at radius 3 is 2.53 bits per heavy atom. The fraction of sp³-hybridized carbons (Fsp3) is 0.250. The molecule has 0 aliphatic rings. The Morgan fingerprint density at radius 1 is 1.40 bits per heavy atom. The van der Waals surface area contributed by atoms with E-state index in [1.165, 1.54) is 25.2 Å². The van der Waals surface area contributed by atoms with Gasteiger partial charge in [0.25, 0.3) is 10.0 Å². The van der Waals surface area contributed by atoms with Gasteiger partial charge in [0.05, 0.1) is 5.69 Å². The fourth-order valence-corrected chi connectivity index (χ4v) is 2.26. The Bertz CT molecular complexity index is 459. The molecule has 0 spiro atoms. The number of anilines is 1. The second kappa shape index (κ2) is 4.13. The van der Waals surface area contributed by atoms with Gasteiger partial charge in [0.15, 0.2) is 0 Å². The van der Waals surface area contributed by atoms with Crippen LogP contribution in [0.3, 0.4) is 0 Å². The maximum absolute atomic E-state index is 12.9. The highest BCUT2D eigenvalue weighted by molar-refractivity contribution is 7.89. The summed E-state index contributed by atoms with van der Waals surface area (Å²) in [5.41, 5.74) is 5.45. The molecule has 0 fully saturated rings. The smallest absolute Gasteiger partial charge is 0.255 e. The number of nitrogens with two attached hydrogens (primary N) is 1. The predicted octanol–water partition coefficient (Wildman–Crippen LogP) is 0.163. The summed E-state index contributed by atoms with van der Waals surface area (Å²) in [5, 5.41) is 1.24. The van der Waals surface area contributed by atoms with Crippen molar-refractivity contribution >= 4 is 15.7 Å². The van der Waals surface area contributed by atoms with Crippen LogP contribution in [0.4, 0.5) is 10.1 Å². The first-order valence-corrected chi connectivity index (χ1v) is 5.56. The van der Waals surface area contributed by atoms with Crippen LogP contribution in [-0.4, -0.2) is 27.5 Å². The van der Waals surface area contributed by atoms with Crippen LogP contribution in [0.5, 0.6) is 0 Å². The Labute approximate surface area is 87.7 Å². The lowest BCUT2D eigenvalue weighted by Gasteiger charge is -2.13. The minimum Gasteiger partial charge on any atom is -0.398 e.